The molecule has 0 spiro atoms. The van der Waals surface area contributed by atoms with Gasteiger partial charge in [0.05, 0.1) is 6.42 Å². The monoisotopic (exact) mass is 419 g/mol. The summed E-state index contributed by atoms with van der Waals surface area (Å²) in [5.74, 6) is 0.0430. The number of esters is 1. The normalized spacial score (nSPS) is 13.4. The molecule has 2 aromatic carbocycles. The molecule has 1 aliphatic rings. The molecule has 0 saturated carbocycles. The summed E-state index contributed by atoms with van der Waals surface area (Å²) in [7, 11) is 0. The van der Waals surface area contributed by atoms with Gasteiger partial charge in [-0.3, -0.25) is 14.4 Å². The van der Waals surface area contributed by atoms with Crippen molar-refractivity contribution < 1.29 is 23.6 Å². The highest BCUT2D eigenvalue weighted by Crippen LogP contribution is 2.22. The fourth-order valence-electron chi connectivity index (χ4n) is 3.32. The maximum Gasteiger partial charge on any atom is 0.306 e. The molecule has 2 heterocycles. The fourth-order valence-corrected chi connectivity index (χ4v) is 3.32. The van der Waals surface area contributed by atoms with E-state index in [1.165, 1.54) is 0 Å². The van der Waals surface area contributed by atoms with Gasteiger partial charge < -0.3 is 14.2 Å². The molecule has 0 N–H and O–H groups in total. The Balaban J connectivity index is 1.24. The van der Waals surface area contributed by atoms with Crippen molar-refractivity contribution >= 4 is 23.3 Å². The highest BCUT2D eigenvalue weighted by Gasteiger charge is 2.22. The Morgan fingerprint density at radius 3 is 2.55 bits per heavy atom. The number of carbonyl (C=O) groups is 3. The zero-order valence-corrected chi connectivity index (χ0v) is 16.8. The predicted molar refractivity (Wildman–Crippen MR) is 111 cm³/mol. The molecule has 0 aliphatic carbocycles. The van der Waals surface area contributed by atoms with Crippen LogP contribution in [0.5, 0.6) is 0 Å². The molecular weight excluding hydrogens is 398 g/mol. The van der Waals surface area contributed by atoms with Gasteiger partial charge in [0, 0.05) is 36.2 Å². The molecule has 31 heavy (non-hydrogen) atoms. The molecule has 1 amide bonds. The summed E-state index contributed by atoms with van der Waals surface area (Å²) < 4.78 is 10.2. The summed E-state index contributed by atoms with van der Waals surface area (Å²) in [4.78, 5) is 42.0. The number of rotatable bonds is 8. The number of hydrogen-bond donors (Lipinski definition) is 0. The van der Waals surface area contributed by atoms with Crippen molar-refractivity contribution in [2.45, 2.75) is 25.7 Å². The van der Waals surface area contributed by atoms with Gasteiger partial charge in [-0.2, -0.15) is 4.98 Å². The zero-order chi connectivity index (χ0) is 21.6. The van der Waals surface area contributed by atoms with E-state index in [0.29, 0.717) is 30.2 Å². The van der Waals surface area contributed by atoms with Crippen LogP contribution in [0.25, 0.3) is 11.4 Å². The van der Waals surface area contributed by atoms with Crippen molar-refractivity contribution in [3.63, 3.8) is 0 Å². The Labute approximate surface area is 178 Å². The van der Waals surface area contributed by atoms with E-state index in [9.17, 15) is 14.4 Å². The van der Waals surface area contributed by atoms with Crippen molar-refractivity contribution in [1.82, 2.24) is 10.1 Å². The Kier molecular flexibility index (Phi) is 6.16. The number of hydrogen-bond acceptors (Lipinski definition) is 7. The minimum Gasteiger partial charge on any atom is -0.457 e. The van der Waals surface area contributed by atoms with Crippen molar-refractivity contribution in [3.05, 3.63) is 66.1 Å². The SMILES string of the molecule is O=C(CCc1nc(-c2ccccc2)no1)OCC(=O)c1ccc(N2CCCC2=O)cc1. The van der Waals surface area contributed by atoms with Crippen LogP contribution in [0.3, 0.4) is 0 Å². The van der Waals surface area contributed by atoms with Crippen LogP contribution in [0.2, 0.25) is 0 Å². The Morgan fingerprint density at radius 2 is 1.84 bits per heavy atom. The number of aromatic nitrogens is 2. The third-order valence-corrected chi connectivity index (χ3v) is 4.98. The molecule has 3 aromatic rings. The molecule has 0 bridgehead atoms. The van der Waals surface area contributed by atoms with Gasteiger partial charge in [0.15, 0.2) is 12.4 Å². The number of anilines is 1. The molecule has 8 heteroatoms. The first-order valence-electron chi connectivity index (χ1n) is 10.1. The minimum absolute atomic E-state index is 0.0275. The number of aryl methyl sites for hydroxylation is 1. The second-order valence-electron chi connectivity index (χ2n) is 7.16. The molecular formula is C23H21N3O5. The fraction of sp³-hybridized carbons (Fsp3) is 0.261. The lowest BCUT2D eigenvalue weighted by molar-refractivity contribution is -0.142. The predicted octanol–water partition coefficient (Wildman–Crippen LogP) is 3.22. The Morgan fingerprint density at radius 1 is 1.06 bits per heavy atom. The van der Waals surface area contributed by atoms with E-state index in [4.69, 9.17) is 9.26 Å². The summed E-state index contributed by atoms with van der Waals surface area (Å²) in [5.41, 5.74) is 2.02. The highest BCUT2D eigenvalue weighted by atomic mass is 16.5. The van der Waals surface area contributed by atoms with E-state index >= 15 is 0 Å². The molecule has 0 unspecified atom stereocenters. The van der Waals surface area contributed by atoms with Gasteiger partial charge in [0.1, 0.15) is 0 Å². The van der Waals surface area contributed by atoms with Crippen LogP contribution in [0.4, 0.5) is 5.69 Å². The van der Waals surface area contributed by atoms with Gasteiger partial charge in [0.25, 0.3) is 0 Å². The zero-order valence-electron chi connectivity index (χ0n) is 16.8. The first-order valence-corrected chi connectivity index (χ1v) is 10.1. The first-order chi connectivity index (χ1) is 15.1. The topological polar surface area (TPSA) is 103 Å². The van der Waals surface area contributed by atoms with Crippen molar-refractivity contribution in [3.8, 4) is 11.4 Å². The molecule has 1 fully saturated rings. The number of ketones is 1. The molecule has 4 rings (SSSR count). The molecule has 1 saturated heterocycles. The van der Waals surface area contributed by atoms with Crippen LogP contribution in [-0.2, 0) is 20.7 Å². The van der Waals surface area contributed by atoms with Crippen LogP contribution in [0.15, 0.2) is 59.1 Å². The number of ether oxygens (including phenoxy) is 1. The van der Waals surface area contributed by atoms with Crippen LogP contribution in [0.1, 0.15) is 35.5 Å². The first kappa shape index (κ1) is 20.5. The largest absolute Gasteiger partial charge is 0.457 e. The van der Waals surface area contributed by atoms with Gasteiger partial charge in [-0.15, -0.1) is 0 Å². The summed E-state index contributed by atoms with van der Waals surface area (Å²) in [6.45, 7) is 0.344. The van der Waals surface area contributed by atoms with E-state index in [1.54, 1.807) is 29.2 Å². The third-order valence-electron chi connectivity index (χ3n) is 4.98. The number of Topliss-reactive ketones (excluding diaryl/α,β-unsaturated/α-hetero) is 1. The summed E-state index contributed by atoms with van der Waals surface area (Å²) in [5, 5.41) is 3.90. The average Bonchev–Trinajstić information content (AvgIpc) is 3.46. The van der Waals surface area contributed by atoms with Gasteiger partial charge >= 0.3 is 5.97 Å². The van der Waals surface area contributed by atoms with E-state index in [0.717, 1.165) is 17.7 Å². The molecule has 8 nitrogen and oxygen atoms in total. The Bertz CT molecular complexity index is 1080. The smallest absolute Gasteiger partial charge is 0.306 e. The van der Waals surface area contributed by atoms with E-state index < -0.39 is 5.97 Å². The van der Waals surface area contributed by atoms with Gasteiger partial charge in [-0.05, 0) is 30.7 Å². The Hall–Kier alpha value is -3.81. The number of carbonyl (C=O) groups excluding carboxylic acids is 3. The molecule has 158 valence electrons. The van der Waals surface area contributed by atoms with Gasteiger partial charge in [-0.1, -0.05) is 35.5 Å². The molecule has 0 atom stereocenters. The van der Waals surface area contributed by atoms with Crippen molar-refractivity contribution in [2.24, 2.45) is 0 Å². The summed E-state index contributed by atoms with van der Waals surface area (Å²) >= 11 is 0. The van der Waals surface area contributed by atoms with E-state index in [-0.39, 0.29) is 31.1 Å². The maximum atomic E-state index is 12.3. The number of amides is 1. The van der Waals surface area contributed by atoms with E-state index in [2.05, 4.69) is 10.1 Å². The number of nitrogens with zero attached hydrogens (tertiary/aromatic N) is 3. The summed E-state index contributed by atoms with van der Waals surface area (Å²) in [6, 6.07) is 16.1. The van der Waals surface area contributed by atoms with E-state index in [1.807, 2.05) is 30.3 Å². The lowest BCUT2D eigenvalue weighted by Crippen LogP contribution is -2.23. The average molecular weight is 419 g/mol. The maximum absolute atomic E-state index is 12.3. The van der Waals surface area contributed by atoms with Crippen LogP contribution >= 0.6 is 0 Å². The van der Waals surface area contributed by atoms with Crippen LogP contribution in [0, 0.1) is 0 Å². The standard InChI is InChI=1S/C23H21N3O5/c27-19(16-8-10-18(11-9-16)26-14-4-7-21(26)28)15-30-22(29)13-12-20-24-23(25-31-20)17-5-2-1-3-6-17/h1-3,5-6,8-11H,4,7,12-15H2. The van der Waals surface area contributed by atoms with Crippen LogP contribution < -0.4 is 4.90 Å². The second-order valence-corrected chi connectivity index (χ2v) is 7.16. The molecule has 0 radical (unpaired) electrons. The minimum atomic E-state index is -0.521. The van der Waals surface area contributed by atoms with Crippen molar-refractivity contribution in [1.29, 1.82) is 0 Å². The second kappa shape index (κ2) is 9.34. The lowest BCUT2D eigenvalue weighted by atomic mass is 10.1. The lowest BCUT2D eigenvalue weighted by Gasteiger charge is -2.15. The van der Waals surface area contributed by atoms with Gasteiger partial charge in [-0.25, -0.2) is 0 Å². The van der Waals surface area contributed by atoms with Crippen LogP contribution in [-0.4, -0.2) is 41.0 Å². The quantitative estimate of drug-likeness (QED) is 0.408. The molecule has 1 aromatic heterocycles. The summed E-state index contributed by atoms with van der Waals surface area (Å²) in [6.07, 6.45) is 1.64. The van der Waals surface area contributed by atoms with Gasteiger partial charge in [0.2, 0.25) is 17.6 Å². The highest BCUT2D eigenvalue weighted by molar-refractivity contribution is 5.99. The molecule has 1 aliphatic heterocycles. The number of benzene rings is 2. The van der Waals surface area contributed by atoms with Crippen molar-refractivity contribution in [2.75, 3.05) is 18.1 Å². The third kappa shape index (κ3) is 5.03.